The molecule has 2 aromatic carbocycles. The molecule has 0 atom stereocenters. The average molecular weight is 313 g/mol. The maximum Gasteiger partial charge on any atom is 0.412 e. The molecule has 0 heterocycles. The Balaban J connectivity index is 1.53. The number of carbonyl (C=O) groups excluding carboxylic acids is 2. The largest absolute Gasteiger partial charge is 0.444 e. The lowest BCUT2D eigenvalue weighted by molar-refractivity contribution is 0.112. The van der Waals surface area contributed by atoms with Gasteiger partial charge in [0.05, 0.1) is 5.69 Å². The van der Waals surface area contributed by atoms with E-state index in [1.807, 2.05) is 24.3 Å². The van der Waals surface area contributed by atoms with Crippen molar-refractivity contribution in [1.82, 2.24) is 0 Å². The molecule has 1 amide bonds. The van der Waals surface area contributed by atoms with Crippen LogP contribution in [0.2, 0.25) is 0 Å². The Labute approximate surface area is 133 Å². The first-order valence-corrected chi connectivity index (χ1v) is 7.43. The normalized spacial score (nSPS) is 13.4. The van der Waals surface area contributed by atoms with Crippen molar-refractivity contribution in [1.29, 1.82) is 0 Å². The maximum absolute atomic E-state index is 13.7. The number of aldehydes is 1. The lowest BCUT2D eigenvalue weighted by Crippen LogP contribution is -2.14. The summed E-state index contributed by atoms with van der Waals surface area (Å²) in [5.41, 5.74) is 2.37. The Morgan fingerprint density at radius 3 is 2.57 bits per heavy atom. The van der Waals surface area contributed by atoms with Crippen LogP contribution in [0.15, 0.2) is 42.5 Å². The van der Waals surface area contributed by atoms with E-state index in [1.165, 1.54) is 30.5 Å². The highest BCUT2D eigenvalue weighted by Gasteiger charge is 2.22. The summed E-state index contributed by atoms with van der Waals surface area (Å²) in [6, 6.07) is 11.8. The second kappa shape index (κ2) is 6.60. The molecule has 0 aromatic heterocycles. The van der Waals surface area contributed by atoms with Gasteiger partial charge >= 0.3 is 6.09 Å². The van der Waals surface area contributed by atoms with Gasteiger partial charge in [0.1, 0.15) is 18.7 Å². The number of halogens is 1. The molecule has 23 heavy (non-hydrogen) atoms. The molecule has 118 valence electrons. The molecule has 3 rings (SSSR count). The van der Waals surface area contributed by atoms with E-state index in [0.717, 1.165) is 11.6 Å². The third-order valence-electron chi connectivity index (χ3n) is 3.76. The quantitative estimate of drug-likeness (QED) is 0.839. The Bertz CT molecular complexity index is 724. The van der Waals surface area contributed by atoms with Crippen LogP contribution in [-0.2, 0) is 11.3 Å². The van der Waals surface area contributed by atoms with Gasteiger partial charge in [-0.2, -0.15) is 0 Å². The van der Waals surface area contributed by atoms with Crippen molar-refractivity contribution in [3.63, 3.8) is 0 Å². The van der Waals surface area contributed by atoms with Crippen LogP contribution in [0.5, 0.6) is 0 Å². The van der Waals surface area contributed by atoms with E-state index < -0.39 is 11.9 Å². The van der Waals surface area contributed by atoms with Crippen LogP contribution in [0.3, 0.4) is 0 Å². The molecular weight excluding hydrogens is 297 g/mol. The standard InChI is InChI=1S/C18H16FNO3/c19-16-9-13(10-21)3-8-17(16)20-18(22)23-11-12-1-4-14(5-2-12)15-6-7-15/h1-5,8-10,15H,6-7,11H2,(H,20,22). The fraction of sp³-hybridized carbons (Fsp3) is 0.222. The fourth-order valence-electron chi connectivity index (χ4n) is 2.30. The molecule has 4 nitrogen and oxygen atoms in total. The molecule has 2 aromatic rings. The van der Waals surface area contributed by atoms with E-state index in [4.69, 9.17) is 4.74 Å². The second-order valence-electron chi connectivity index (χ2n) is 5.57. The Morgan fingerprint density at radius 1 is 1.22 bits per heavy atom. The molecule has 0 saturated heterocycles. The number of hydrogen-bond acceptors (Lipinski definition) is 3. The minimum absolute atomic E-state index is 0.0234. The molecular formula is C18H16FNO3. The summed E-state index contributed by atoms with van der Waals surface area (Å²) < 4.78 is 18.7. The van der Waals surface area contributed by atoms with Crippen LogP contribution in [-0.4, -0.2) is 12.4 Å². The van der Waals surface area contributed by atoms with E-state index in [1.54, 1.807) is 0 Å². The number of rotatable bonds is 5. The topological polar surface area (TPSA) is 55.4 Å². The molecule has 5 heteroatoms. The van der Waals surface area contributed by atoms with E-state index in [-0.39, 0.29) is 17.9 Å². The van der Waals surface area contributed by atoms with Crippen LogP contribution in [0, 0.1) is 5.82 Å². The molecule has 0 bridgehead atoms. The first-order valence-electron chi connectivity index (χ1n) is 7.43. The van der Waals surface area contributed by atoms with Gasteiger partial charge in [-0.1, -0.05) is 24.3 Å². The number of amides is 1. The number of anilines is 1. The van der Waals surface area contributed by atoms with Gasteiger partial charge in [-0.15, -0.1) is 0 Å². The molecule has 0 radical (unpaired) electrons. The van der Waals surface area contributed by atoms with E-state index in [0.29, 0.717) is 12.2 Å². The number of nitrogens with one attached hydrogen (secondary N) is 1. The SMILES string of the molecule is O=Cc1ccc(NC(=O)OCc2ccc(C3CC3)cc2)c(F)c1. The summed E-state index contributed by atoms with van der Waals surface area (Å²) in [6.07, 6.45) is 2.28. The average Bonchev–Trinajstić information content (AvgIpc) is 3.40. The van der Waals surface area contributed by atoms with Crippen molar-refractivity contribution in [2.24, 2.45) is 0 Å². The summed E-state index contributed by atoms with van der Waals surface area (Å²) in [5, 5.41) is 2.32. The van der Waals surface area contributed by atoms with Crippen molar-refractivity contribution in [3.05, 3.63) is 65.0 Å². The third kappa shape index (κ3) is 3.94. The highest BCUT2D eigenvalue weighted by molar-refractivity contribution is 5.85. The fourth-order valence-corrected chi connectivity index (χ4v) is 2.30. The van der Waals surface area contributed by atoms with Crippen LogP contribution < -0.4 is 5.32 Å². The monoisotopic (exact) mass is 313 g/mol. The van der Waals surface area contributed by atoms with E-state index >= 15 is 0 Å². The lowest BCUT2D eigenvalue weighted by Gasteiger charge is -2.08. The lowest BCUT2D eigenvalue weighted by atomic mass is 10.1. The summed E-state index contributed by atoms with van der Waals surface area (Å²) >= 11 is 0. The molecule has 0 spiro atoms. The molecule has 1 aliphatic carbocycles. The minimum atomic E-state index is -0.742. The van der Waals surface area contributed by atoms with Gasteiger partial charge in [0.25, 0.3) is 0 Å². The van der Waals surface area contributed by atoms with E-state index in [9.17, 15) is 14.0 Å². The minimum Gasteiger partial charge on any atom is -0.444 e. The van der Waals surface area contributed by atoms with Crippen molar-refractivity contribution in [3.8, 4) is 0 Å². The Morgan fingerprint density at radius 2 is 1.96 bits per heavy atom. The maximum atomic E-state index is 13.7. The van der Waals surface area contributed by atoms with Gasteiger partial charge in [-0.3, -0.25) is 10.1 Å². The van der Waals surface area contributed by atoms with Crippen molar-refractivity contribution >= 4 is 18.1 Å². The Kier molecular flexibility index (Phi) is 4.37. The Hall–Kier alpha value is -2.69. The summed E-state index contributed by atoms with van der Waals surface area (Å²) in [5.74, 6) is 0.00548. The van der Waals surface area contributed by atoms with Gasteiger partial charge in [-0.05, 0) is 48.1 Å². The van der Waals surface area contributed by atoms with Gasteiger partial charge in [0.2, 0.25) is 0 Å². The van der Waals surface area contributed by atoms with Crippen molar-refractivity contribution < 1.29 is 18.7 Å². The zero-order chi connectivity index (χ0) is 16.2. The van der Waals surface area contributed by atoms with Crippen LogP contribution in [0.1, 0.15) is 40.2 Å². The molecule has 1 fully saturated rings. The predicted molar refractivity (Wildman–Crippen MR) is 84.0 cm³/mol. The highest BCUT2D eigenvalue weighted by atomic mass is 19.1. The molecule has 1 aliphatic rings. The number of ether oxygens (including phenoxy) is 1. The molecule has 0 aliphatic heterocycles. The van der Waals surface area contributed by atoms with Gasteiger partial charge < -0.3 is 4.74 Å². The third-order valence-corrected chi connectivity index (χ3v) is 3.76. The number of benzene rings is 2. The van der Waals surface area contributed by atoms with Crippen LogP contribution >= 0.6 is 0 Å². The van der Waals surface area contributed by atoms with Gasteiger partial charge in [0.15, 0.2) is 0 Å². The summed E-state index contributed by atoms with van der Waals surface area (Å²) in [7, 11) is 0. The van der Waals surface area contributed by atoms with Gasteiger partial charge in [-0.25, -0.2) is 9.18 Å². The first kappa shape index (κ1) is 15.2. The second-order valence-corrected chi connectivity index (χ2v) is 5.57. The van der Waals surface area contributed by atoms with E-state index in [2.05, 4.69) is 5.32 Å². The van der Waals surface area contributed by atoms with Gasteiger partial charge in [0, 0.05) is 5.56 Å². The zero-order valence-electron chi connectivity index (χ0n) is 12.4. The molecule has 1 saturated carbocycles. The summed E-state index contributed by atoms with van der Waals surface area (Å²) in [4.78, 5) is 22.3. The smallest absolute Gasteiger partial charge is 0.412 e. The summed E-state index contributed by atoms with van der Waals surface area (Å²) in [6.45, 7) is 0.116. The number of hydrogen-bond donors (Lipinski definition) is 1. The molecule has 1 N–H and O–H groups in total. The number of carbonyl (C=O) groups is 2. The van der Waals surface area contributed by atoms with Crippen LogP contribution in [0.25, 0.3) is 0 Å². The first-order chi connectivity index (χ1) is 11.2. The highest BCUT2D eigenvalue weighted by Crippen LogP contribution is 2.39. The predicted octanol–water partition coefficient (Wildman–Crippen LogP) is 4.26. The molecule has 0 unspecified atom stereocenters. The van der Waals surface area contributed by atoms with Crippen LogP contribution in [0.4, 0.5) is 14.9 Å². The van der Waals surface area contributed by atoms with Crippen molar-refractivity contribution in [2.75, 3.05) is 5.32 Å². The van der Waals surface area contributed by atoms with Crippen molar-refractivity contribution in [2.45, 2.75) is 25.4 Å². The zero-order valence-corrected chi connectivity index (χ0v) is 12.4.